The third-order valence-corrected chi connectivity index (χ3v) is 11.9. The van der Waals surface area contributed by atoms with Crippen molar-refractivity contribution in [2.24, 2.45) is 13.0 Å². The molecule has 5 aromatic rings. The van der Waals surface area contributed by atoms with E-state index in [1.165, 1.54) is 5.69 Å². The number of amides is 3. The van der Waals surface area contributed by atoms with Crippen molar-refractivity contribution in [3.8, 4) is 22.5 Å². The second-order valence-corrected chi connectivity index (χ2v) is 15.1. The lowest BCUT2D eigenvalue weighted by atomic mass is 9.95. The van der Waals surface area contributed by atoms with Crippen LogP contribution in [0.3, 0.4) is 0 Å². The summed E-state index contributed by atoms with van der Waals surface area (Å²) in [7, 11) is 1.77. The highest BCUT2D eigenvalue weighted by Gasteiger charge is 2.33. The van der Waals surface area contributed by atoms with Crippen LogP contribution in [0.5, 0.6) is 0 Å². The van der Waals surface area contributed by atoms with E-state index in [9.17, 15) is 19.2 Å². The zero-order chi connectivity index (χ0) is 36.9. The molecule has 0 aliphatic carbocycles. The van der Waals surface area contributed by atoms with E-state index in [-0.39, 0.29) is 23.9 Å². The fourth-order valence-electron chi connectivity index (χ4n) is 8.86. The molecule has 0 bridgehead atoms. The van der Waals surface area contributed by atoms with Gasteiger partial charge >= 0.3 is 5.69 Å². The number of imide groups is 1. The highest BCUT2D eigenvalue weighted by molar-refractivity contribution is 6.00. The molecule has 278 valence electrons. The maximum absolute atomic E-state index is 13.4. The first-order valence-corrected chi connectivity index (χ1v) is 19.1. The van der Waals surface area contributed by atoms with Crippen LogP contribution in [0.2, 0.25) is 0 Å². The molecule has 7 heterocycles. The maximum Gasteiger partial charge on any atom is 0.329 e. The zero-order valence-corrected chi connectivity index (χ0v) is 30.5. The van der Waals surface area contributed by atoms with Gasteiger partial charge in [-0.15, -0.1) is 0 Å². The summed E-state index contributed by atoms with van der Waals surface area (Å²) >= 11 is 0. The zero-order valence-electron chi connectivity index (χ0n) is 30.5. The van der Waals surface area contributed by atoms with Gasteiger partial charge in [0, 0.05) is 107 Å². The molecule has 0 radical (unpaired) electrons. The number of aromatic nitrogens is 4. The molecular weight excluding hydrogens is 683 g/mol. The summed E-state index contributed by atoms with van der Waals surface area (Å²) in [4.78, 5) is 65.7. The number of para-hydroxylation sites is 1. The van der Waals surface area contributed by atoms with Crippen molar-refractivity contribution >= 4 is 40.1 Å². The Hall–Kier alpha value is -5.69. The number of anilines is 2. The fourth-order valence-corrected chi connectivity index (χ4v) is 8.86. The Morgan fingerprint density at radius 2 is 1.61 bits per heavy atom. The lowest BCUT2D eigenvalue weighted by molar-refractivity contribution is -0.135. The first kappa shape index (κ1) is 34.1. The Labute approximate surface area is 312 Å². The molecule has 3 fully saturated rings. The summed E-state index contributed by atoms with van der Waals surface area (Å²) in [5.74, 6) is -0.108. The van der Waals surface area contributed by atoms with Gasteiger partial charge in [0.25, 0.3) is 5.91 Å². The molecule has 0 spiro atoms. The number of imidazole rings is 1. The van der Waals surface area contributed by atoms with E-state index in [2.05, 4.69) is 71.7 Å². The Morgan fingerprint density at radius 1 is 0.815 bits per heavy atom. The number of nitrogens with zero attached hydrogens (tertiary/aromatic N) is 6. The topological polar surface area (TPSA) is 141 Å². The molecule has 4 aliphatic heterocycles. The average Bonchev–Trinajstić information content (AvgIpc) is 3.75. The van der Waals surface area contributed by atoms with Gasteiger partial charge in [-0.25, -0.2) is 4.79 Å². The molecule has 1 unspecified atom stereocenters. The number of nitrogens with one attached hydrogen (secondary N) is 3. The number of pyridine rings is 1. The van der Waals surface area contributed by atoms with Crippen molar-refractivity contribution in [1.29, 1.82) is 0 Å². The second kappa shape index (κ2) is 13.9. The summed E-state index contributed by atoms with van der Waals surface area (Å²) in [6, 6.07) is 19.9. The normalized spacial score (nSPS) is 19.9. The maximum atomic E-state index is 13.4. The van der Waals surface area contributed by atoms with E-state index >= 15 is 0 Å². The van der Waals surface area contributed by atoms with Crippen LogP contribution in [0.25, 0.3) is 33.5 Å². The van der Waals surface area contributed by atoms with E-state index < -0.39 is 11.9 Å². The van der Waals surface area contributed by atoms with Gasteiger partial charge in [0.1, 0.15) is 6.04 Å². The molecule has 3 saturated heterocycles. The molecule has 3 amide bonds. The first-order valence-electron chi connectivity index (χ1n) is 19.1. The number of piperidine rings is 2. The summed E-state index contributed by atoms with van der Waals surface area (Å²) in [5, 5.41) is 5.32. The SMILES string of the molecule is Cn1c(=O)n(C2CCC(=O)NC2=O)c2cccc(N3CCC(CN4CCN(c5ccc(-c6cc(-c7cc8c([nH]7)CCNC8=O)ccn6)cc5)CC4)CC3)c21. The molecule has 13 heteroatoms. The third kappa shape index (κ3) is 6.25. The summed E-state index contributed by atoms with van der Waals surface area (Å²) < 4.78 is 3.22. The van der Waals surface area contributed by atoms with Crippen LogP contribution in [-0.2, 0) is 23.1 Å². The van der Waals surface area contributed by atoms with Crippen molar-refractivity contribution in [1.82, 2.24) is 34.6 Å². The standard InChI is InChI=1S/C41H45N9O4/c1-46-38-34(3-2-4-35(38)50(41(46)54)36-9-10-37(51)45-40(36)53)49-17-13-26(14-18-49)25-47-19-21-48(22-20-47)29-7-5-27(6-8-29)32-23-28(11-15-42-32)33-24-30-31(44-33)12-16-43-39(30)52/h2-8,11,15,23-24,26,36,44H,9-10,12-14,16-22,25H2,1H3,(H,43,52)(H,45,51,53). The minimum atomic E-state index is -0.686. The largest absolute Gasteiger partial charge is 0.370 e. The summed E-state index contributed by atoms with van der Waals surface area (Å²) in [6.45, 7) is 7.59. The molecule has 13 nitrogen and oxygen atoms in total. The number of hydrogen-bond acceptors (Lipinski definition) is 8. The van der Waals surface area contributed by atoms with Gasteiger partial charge < -0.3 is 20.1 Å². The van der Waals surface area contributed by atoms with E-state index in [0.717, 1.165) is 116 Å². The van der Waals surface area contributed by atoms with Gasteiger partial charge in [0.15, 0.2) is 0 Å². The molecule has 4 aliphatic rings. The van der Waals surface area contributed by atoms with Crippen molar-refractivity contribution in [3.05, 3.63) is 88.6 Å². The molecule has 3 N–H and O–H groups in total. The van der Waals surface area contributed by atoms with Crippen LogP contribution >= 0.6 is 0 Å². The first-order chi connectivity index (χ1) is 26.3. The lowest BCUT2D eigenvalue weighted by Gasteiger charge is -2.40. The van der Waals surface area contributed by atoms with E-state index in [1.54, 1.807) is 16.2 Å². The predicted molar refractivity (Wildman–Crippen MR) is 208 cm³/mol. The number of fused-ring (bicyclic) bond motifs is 2. The highest BCUT2D eigenvalue weighted by atomic mass is 16.2. The van der Waals surface area contributed by atoms with Gasteiger partial charge in [-0.1, -0.05) is 18.2 Å². The second-order valence-electron chi connectivity index (χ2n) is 15.1. The van der Waals surface area contributed by atoms with Crippen LogP contribution in [0.15, 0.2) is 71.7 Å². The van der Waals surface area contributed by atoms with Crippen molar-refractivity contribution < 1.29 is 14.4 Å². The summed E-state index contributed by atoms with van der Waals surface area (Å²) in [6.07, 6.45) is 5.35. The van der Waals surface area contributed by atoms with E-state index in [0.29, 0.717) is 18.9 Å². The molecule has 3 aromatic heterocycles. The Balaban J connectivity index is 0.794. The number of hydrogen-bond donors (Lipinski definition) is 3. The quantitative estimate of drug-likeness (QED) is 0.216. The minimum absolute atomic E-state index is 0.0194. The Morgan fingerprint density at radius 3 is 2.37 bits per heavy atom. The lowest BCUT2D eigenvalue weighted by Crippen LogP contribution is -2.49. The Kier molecular flexibility index (Phi) is 8.80. The molecule has 0 saturated carbocycles. The number of aryl methyl sites for hydroxylation is 1. The van der Waals surface area contributed by atoms with Crippen LogP contribution < -0.4 is 26.1 Å². The van der Waals surface area contributed by atoms with Crippen LogP contribution in [-0.4, -0.2) is 94.1 Å². The molecule has 54 heavy (non-hydrogen) atoms. The monoisotopic (exact) mass is 727 g/mol. The average molecular weight is 728 g/mol. The third-order valence-electron chi connectivity index (χ3n) is 11.9. The van der Waals surface area contributed by atoms with Gasteiger partial charge in [-0.3, -0.25) is 38.7 Å². The summed E-state index contributed by atoms with van der Waals surface area (Å²) in [5.41, 5.74) is 9.21. The molecule has 9 rings (SSSR count). The number of aromatic amines is 1. The van der Waals surface area contributed by atoms with Crippen molar-refractivity contribution in [3.63, 3.8) is 0 Å². The van der Waals surface area contributed by atoms with Crippen LogP contribution in [0.4, 0.5) is 11.4 Å². The van der Waals surface area contributed by atoms with Crippen LogP contribution in [0, 0.1) is 5.92 Å². The molecule has 2 aromatic carbocycles. The Bertz CT molecular complexity index is 2310. The number of carbonyl (C=O) groups is 3. The highest BCUT2D eigenvalue weighted by Crippen LogP contribution is 2.33. The van der Waals surface area contributed by atoms with Gasteiger partial charge in [0.2, 0.25) is 11.8 Å². The van der Waals surface area contributed by atoms with Gasteiger partial charge in [0.05, 0.1) is 28.0 Å². The van der Waals surface area contributed by atoms with E-state index in [4.69, 9.17) is 0 Å². The number of rotatable bonds is 7. The van der Waals surface area contributed by atoms with E-state index in [1.807, 2.05) is 30.5 Å². The number of benzene rings is 2. The number of carbonyl (C=O) groups excluding carboxylic acids is 3. The minimum Gasteiger partial charge on any atom is -0.370 e. The molecular formula is C41H45N9O4. The van der Waals surface area contributed by atoms with Crippen molar-refractivity contribution in [2.75, 3.05) is 62.2 Å². The van der Waals surface area contributed by atoms with Crippen molar-refractivity contribution in [2.45, 2.75) is 38.1 Å². The number of H-pyrrole nitrogens is 1. The fraction of sp³-hybridized carbons (Fsp3) is 0.390. The van der Waals surface area contributed by atoms with Gasteiger partial charge in [-0.2, -0.15) is 0 Å². The molecule has 1 atom stereocenters. The number of piperazine rings is 1. The van der Waals surface area contributed by atoms with Gasteiger partial charge in [-0.05, 0) is 67.6 Å². The predicted octanol–water partition coefficient (Wildman–Crippen LogP) is 3.70. The van der Waals surface area contributed by atoms with Crippen LogP contribution in [0.1, 0.15) is 47.8 Å². The smallest absolute Gasteiger partial charge is 0.329 e.